The molecule has 0 aliphatic heterocycles. The molecule has 0 fully saturated rings. The summed E-state index contributed by atoms with van der Waals surface area (Å²) in [4.78, 5) is 25.3. The molecule has 0 bridgehead atoms. The highest BCUT2D eigenvalue weighted by Crippen LogP contribution is 2.29. The van der Waals surface area contributed by atoms with E-state index in [-0.39, 0.29) is 5.92 Å². The van der Waals surface area contributed by atoms with Crippen LogP contribution in [0.15, 0.2) is 91.0 Å². The Morgan fingerprint density at radius 2 is 1.44 bits per heavy atom. The van der Waals surface area contributed by atoms with Gasteiger partial charge in [-0.3, -0.25) is 13.8 Å². The molecule has 0 aliphatic carbocycles. The molecule has 1 amide bonds. The van der Waals surface area contributed by atoms with Crippen LogP contribution in [0, 0.1) is 5.92 Å². The van der Waals surface area contributed by atoms with Crippen LogP contribution in [0.5, 0.6) is 5.75 Å². The summed E-state index contributed by atoms with van der Waals surface area (Å²) in [6, 6.07) is 26.3. The molecule has 214 valence electrons. The van der Waals surface area contributed by atoms with E-state index in [9.17, 15) is 18.4 Å². The van der Waals surface area contributed by atoms with Gasteiger partial charge in [0.15, 0.2) is 0 Å². The van der Waals surface area contributed by atoms with Crippen LogP contribution in [-0.4, -0.2) is 32.5 Å². The molecule has 2 unspecified atom stereocenters. The summed E-state index contributed by atoms with van der Waals surface area (Å²) in [5, 5.41) is 4.83. The van der Waals surface area contributed by atoms with Crippen LogP contribution in [0.25, 0.3) is 21.9 Å². The second kappa shape index (κ2) is 12.5. The first-order valence-electron chi connectivity index (χ1n) is 13.2. The number of fused-ring (bicyclic) bond motifs is 1. The third kappa shape index (κ3) is 7.71. The first-order chi connectivity index (χ1) is 19.4. The number of hydrogen-bond donors (Lipinski definition) is 1. The maximum Gasteiger partial charge on any atom is 0.417 e. The Kier molecular flexibility index (Phi) is 9.10. The molecule has 1 N–H and O–H groups in total. The normalized spacial score (nSPS) is 13.0. The fraction of sp³-hybridized carbons (Fsp3) is 0.250. The molecule has 8 nitrogen and oxygen atoms in total. The van der Waals surface area contributed by atoms with E-state index in [1.165, 1.54) is 0 Å². The summed E-state index contributed by atoms with van der Waals surface area (Å²) >= 11 is -2.71. The molecule has 0 spiro atoms. The van der Waals surface area contributed by atoms with Gasteiger partial charge in [0.1, 0.15) is 17.4 Å². The number of anilines is 2. The number of carbonyl (C=O) groups is 2. The lowest BCUT2D eigenvalue weighted by atomic mass is 10.0. The van der Waals surface area contributed by atoms with E-state index in [1.54, 1.807) is 83.1 Å². The van der Waals surface area contributed by atoms with Gasteiger partial charge in [0, 0.05) is 22.6 Å². The molecule has 9 heteroatoms. The van der Waals surface area contributed by atoms with Gasteiger partial charge in [-0.05, 0) is 85.0 Å². The van der Waals surface area contributed by atoms with E-state index in [2.05, 4.69) is 5.32 Å². The van der Waals surface area contributed by atoms with Crippen molar-refractivity contribution in [2.75, 3.05) is 9.62 Å². The SMILES string of the molecule is CC(C)C(C(=O)OC(C)(C)C)N(c1ccc(-c2ccc(OC(=O)Nc3ccc4ccccc4c3)cc2)cc1)S(=O)[O-]. The van der Waals surface area contributed by atoms with Crippen molar-refractivity contribution < 1.29 is 27.8 Å². The Morgan fingerprint density at radius 3 is 2.00 bits per heavy atom. The summed E-state index contributed by atoms with van der Waals surface area (Å²) < 4.78 is 36.5. The zero-order valence-corrected chi connectivity index (χ0v) is 24.4. The van der Waals surface area contributed by atoms with Crippen LogP contribution >= 0.6 is 0 Å². The molecule has 41 heavy (non-hydrogen) atoms. The molecule has 0 radical (unpaired) electrons. The van der Waals surface area contributed by atoms with E-state index in [1.807, 2.05) is 42.5 Å². The number of esters is 1. The molecule has 0 heterocycles. The maximum atomic E-state index is 12.9. The Hall–Kier alpha value is -4.21. The van der Waals surface area contributed by atoms with Crippen LogP contribution in [0.1, 0.15) is 34.6 Å². The maximum absolute atomic E-state index is 12.9. The second-order valence-electron chi connectivity index (χ2n) is 10.9. The number of benzene rings is 4. The summed E-state index contributed by atoms with van der Waals surface area (Å²) in [5.74, 6) is -0.567. The Labute approximate surface area is 242 Å². The summed E-state index contributed by atoms with van der Waals surface area (Å²) in [5.41, 5.74) is 1.87. The van der Waals surface area contributed by atoms with Crippen molar-refractivity contribution in [1.29, 1.82) is 0 Å². The second-order valence-corrected chi connectivity index (χ2v) is 11.7. The Balaban J connectivity index is 1.45. The van der Waals surface area contributed by atoms with Gasteiger partial charge in [0.2, 0.25) is 0 Å². The lowest BCUT2D eigenvalue weighted by Gasteiger charge is -2.36. The molecule has 4 rings (SSSR count). The van der Waals surface area contributed by atoms with Crippen molar-refractivity contribution in [3.8, 4) is 16.9 Å². The van der Waals surface area contributed by atoms with Crippen LogP contribution < -0.4 is 14.4 Å². The number of carbonyl (C=O) groups excluding carboxylic acids is 2. The minimum Gasteiger partial charge on any atom is -0.755 e. The monoisotopic (exact) mass is 573 g/mol. The predicted octanol–water partition coefficient (Wildman–Crippen LogP) is 7.08. The zero-order chi connectivity index (χ0) is 29.7. The van der Waals surface area contributed by atoms with Crippen molar-refractivity contribution in [2.24, 2.45) is 5.92 Å². The molecule has 4 aromatic carbocycles. The third-order valence-corrected chi connectivity index (χ3v) is 6.97. The first-order valence-corrected chi connectivity index (χ1v) is 14.2. The highest BCUT2D eigenvalue weighted by molar-refractivity contribution is 7.80. The average molecular weight is 574 g/mol. The highest BCUT2D eigenvalue weighted by Gasteiger charge is 2.34. The van der Waals surface area contributed by atoms with Crippen molar-refractivity contribution in [1.82, 2.24) is 0 Å². The van der Waals surface area contributed by atoms with Crippen molar-refractivity contribution >= 4 is 45.5 Å². The van der Waals surface area contributed by atoms with E-state index in [0.29, 0.717) is 17.1 Å². The number of nitrogens with zero attached hydrogens (tertiary/aromatic N) is 1. The van der Waals surface area contributed by atoms with E-state index in [0.717, 1.165) is 26.2 Å². The van der Waals surface area contributed by atoms with Gasteiger partial charge >= 0.3 is 12.1 Å². The van der Waals surface area contributed by atoms with Crippen LogP contribution in [0.3, 0.4) is 0 Å². The standard InChI is InChI=1S/C32H34N2O6S/c1-21(2)29(30(35)40-32(3,4)5)34(41(37)38)27-16-11-23(12-17-27)24-13-18-28(19-14-24)39-31(36)33-26-15-10-22-8-6-7-9-25(22)20-26/h6-21,29H,1-5H3,(H,33,36)(H,37,38)/p-1. The van der Waals surface area contributed by atoms with E-state index in [4.69, 9.17) is 9.47 Å². The molecule has 4 aromatic rings. The molecular weight excluding hydrogens is 540 g/mol. The average Bonchev–Trinajstić information content (AvgIpc) is 2.90. The third-order valence-electron chi connectivity index (χ3n) is 6.21. The molecular formula is C32H33N2O6S-. The highest BCUT2D eigenvalue weighted by atomic mass is 32.2. The lowest BCUT2D eigenvalue weighted by Crippen LogP contribution is -2.48. The number of rotatable bonds is 8. The largest absolute Gasteiger partial charge is 0.755 e. The van der Waals surface area contributed by atoms with Crippen molar-refractivity contribution in [2.45, 2.75) is 46.3 Å². The summed E-state index contributed by atoms with van der Waals surface area (Å²) in [7, 11) is 0. The topological polar surface area (TPSA) is 108 Å². The van der Waals surface area contributed by atoms with Gasteiger partial charge < -0.3 is 14.0 Å². The summed E-state index contributed by atoms with van der Waals surface area (Å²) in [6.07, 6.45) is -0.604. The Morgan fingerprint density at radius 1 is 0.854 bits per heavy atom. The van der Waals surface area contributed by atoms with Gasteiger partial charge in [-0.1, -0.05) is 68.4 Å². The quantitative estimate of drug-likeness (QED) is 0.178. The van der Waals surface area contributed by atoms with Crippen molar-refractivity contribution in [3.63, 3.8) is 0 Å². The van der Waals surface area contributed by atoms with Gasteiger partial charge in [-0.15, -0.1) is 0 Å². The number of nitrogens with one attached hydrogen (secondary N) is 1. The lowest BCUT2D eigenvalue weighted by molar-refractivity contribution is -0.157. The van der Waals surface area contributed by atoms with Crippen LogP contribution in [0.2, 0.25) is 0 Å². The van der Waals surface area contributed by atoms with E-state index < -0.39 is 35.0 Å². The fourth-order valence-corrected chi connectivity index (χ4v) is 5.18. The van der Waals surface area contributed by atoms with Crippen LogP contribution in [0.4, 0.5) is 16.2 Å². The minimum absolute atomic E-state index is 0.326. The van der Waals surface area contributed by atoms with Gasteiger partial charge in [-0.2, -0.15) is 0 Å². The predicted molar refractivity (Wildman–Crippen MR) is 161 cm³/mol. The molecule has 0 saturated heterocycles. The fourth-order valence-electron chi connectivity index (χ4n) is 4.37. The smallest absolute Gasteiger partial charge is 0.417 e. The molecule has 0 saturated carbocycles. The minimum atomic E-state index is -2.71. The van der Waals surface area contributed by atoms with Gasteiger partial charge in [0.05, 0.1) is 0 Å². The molecule has 0 aromatic heterocycles. The zero-order valence-electron chi connectivity index (χ0n) is 23.6. The van der Waals surface area contributed by atoms with Gasteiger partial charge in [0.25, 0.3) is 0 Å². The number of ether oxygens (including phenoxy) is 2. The van der Waals surface area contributed by atoms with Gasteiger partial charge in [-0.25, -0.2) is 9.59 Å². The van der Waals surface area contributed by atoms with Crippen LogP contribution in [-0.2, 0) is 20.8 Å². The molecule has 0 aliphatic rings. The Bertz CT molecular complexity index is 1550. The number of hydrogen-bond acceptors (Lipinski definition) is 6. The van der Waals surface area contributed by atoms with E-state index >= 15 is 0 Å². The summed E-state index contributed by atoms with van der Waals surface area (Å²) in [6.45, 7) is 8.76. The van der Waals surface area contributed by atoms with Crippen molar-refractivity contribution in [3.05, 3.63) is 91.0 Å². The molecule has 2 atom stereocenters. The first kappa shape index (κ1) is 29.8. The number of amides is 1.